The summed E-state index contributed by atoms with van der Waals surface area (Å²) in [6.45, 7) is 6.73. The molecule has 0 heterocycles. The molecule has 466 valence electrons. The van der Waals surface area contributed by atoms with Gasteiger partial charge in [0.05, 0.1) is 33.8 Å². The molecular weight excluding hydrogens is 1010 g/mol. The first-order valence-corrected chi connectivity index (χ1v) is 35.2. The number of esters is 1. The number of rotatable bonds is 61. The number of nitrogens with zero attached hydrogens (tertiary/aromatic N) is 1. The molecule has 1 N–H and O–H groups in total. The molecule has 0 aliphatic rings. The van der Waals surface area contributed by atoms with E-state index in [1.807, 2.05) is 33.3 Å². The Kier molecular flexibility index (Phi) is 57.7. The van der Waals surface area contributed by atoms with Gasteiger partial charge in [-0.3, -0.25) is 14.2 Å². The van der Waals surface area contributed by atoms with Crippen molar-refractivity contribution >= 4 is 19.7 Å². The number of likely N-dealkylation sites (N-methyl/N-ethyl adjacent to an activating group) is 1. The number of quaternary nitrogens is 1. The van der Waals surface area contributed by atoms with Crippen LogP contribution in [-0.2, 0) is 27.9 Å². The second-order valence-electron chi connectivity index (χ2n) is 23.9. The van der Waals surface area contributed by atoms with Crippen LogP contribution in [0.2, 0.25) is 0 Å². The summed E-state index contributed by atoms with van der Waals surface area (Å²) in [5.74, 6) is -0.570. The van der Waals surface area contributed by atoms with Crippen LogP contribution in [0.1, 0.15) is 310 Å². The van der Waals surface area contributed by atoms with Gasteiger partial charge >= 0.3 is 5.97 Å². The summed E-state index contributed by atoms with van der Waals surface area (Å²) in [6.07, 6.45) is 77.4. The van der Waals surface area contributed by atoms with Crippen molar-refractivity contribution in [2.75, 3.05) is 40.9 Å². The highest BCUT2D eigenvalue weighted by atomic mass is 31.2. The molecule has 0 aromatic heterocycles. The minimum Gasteiger partial charge on any atom is -0.756 e. The van der Waals surface area contributed by atoms with Gasteiger partial charge in [-0.25, -0.2) is 0 Å². The zero-order chi connectivity index (χ0) is 58.6. The SMILES string of the molecule is CC/C=C/C/C=C/C/C=C/C/C=C/CCCCCC(=O)NC(COP(=O)([O-])OCC[N+](C)(C)C)C(/C=C\CCCCCCCCCCCCC)OC(=O)CCCCCCCCCCCCCCCCC/C=C/CCCCCCCC. The minimum atomic E-state index is -4.71. The van der Waals surface area contributed by atoms with Crippen molar-refractivity contribution in [1.29, 1.82) is 0 Å². The lowest BCUT2D eigenvalue weighted by molar-refractivity contribution is -0.870. The van der Waals surface area contributed by atoms with Gasteiger partial charge in [0.15, 0.2) is 0 Å². The fourth-order valence-corrected chi connectivity index (χ4v) is 10.4. The van der Waals surface area contributed by atoms with Crippen molar-refractivity contribution in [3.63, 3.8) is 0 Å². The fourth-order valence-electron chi connectivity index (χ4n) is 9.69. The topological polar surface area (TPSA) is 114 Å². The van der Waals surface area contributed by atoms with E-state index in [1.165, 1.54) is 186 Å². The molecule has 10 heteroatoms. The van der Waals surface area contributed by atoms with Crippen LogP contribution in [0.5, 0.6) is 0 Å². The lowest BCUT2D eigenvalue weighted by Gasteiger charge is -2.30. The van der Waals surface area contributed by atoms with Crippen LogP contribution < -0.4 is 10.2 Å². The standard InChI is InChI=1S/C70H129N2O7P/c1-7-10-13-16-19-22-25-28-30-32-33-34-35-36-37-38-39-40-42-45-48-51-54-57-60-63-70(74)79-68(61-58-55-52-49-46-43-27-24-21-18-15-12-9-3)67(66-78-80(75,76)77-65-64-72(4,5)6)71-69(73)62-59-56-53-50-47-44-41-31-29-26-23-20-17-14-11-8-2/h11,14,20,23,28-31,44,47,58,61,67-68H,7-10,12-13,15-19,21-22,24-27,32-43,45-46,48-57,59-60,62-66H2,1-6H3,(H-,71,73,75,76)/b14-11+,23-20+,30-28+,31-29+,47-44+,61-58-. The number of ether oxygens (including phenoxy) is 1. The Morgan fingerprint density at radius 2 is 0.800 bits per heavy atom. The molecule has 80 heavy (non-hydrogen) atoms. The Labute approximate surface area is 495 Å². The van der Waals surface area contributed by atoms with Gasteiger partial charge in [0, 0.05) is 12.8 Å². The number of hydrogen-bond donors (Lipinski definition) is 1. The molecule has 9 nitrogen and oxygen atoms in total. The maximum absolute atomic E-state index is 13.5. The number of carbonyl (C=O) groups excluding carboxylic acids is 2. The highest BCUT2D eigenvalue weighted by Crippen LogP contribution is 2.38. The molecule has 0 radical (unpaired) electrons. The van der Waals surface area contributed by atoms with Crippen LogP contribution in [-0.4, -0.2) is 69.4 Å². The molecule has 0 spiro atoms. The molecule has 0 aliphatic heterocycles. The number of nitrogens with one attached hydrogen (secondary N) is 1. The monoisotopic (exact) mass is 1140 g/mol. The third-order valence-corrected chi connectivity index (χ3v) is 15.8. The number of unbranched alkanes of at least 4 members (excludes halogenated alkanes) is 35. The maximum Gasteiger partial charge on any atom is 0.306 e. The molecule has 0 aromatic carbocycles. The first-order chi connectivity index (χ1) is 38.9. The lowest BCUT2D eigenvalue weighted by atomic mass is 10.0. The second kappa shape index (κ2) is 59.6. The molecular formula is C70H129N2O7P. The van der Waals surface area contributed by atoms with Crippen molar-refractivity contribution in [2.24, 2.45) is 0 Å². The summed E-state index contributed by atoms with van der Waals surface area (Å²) in [5, 5.41) is 3.02. The highest BCUT2D eigenvalue weighted by molar-refractivity contribution is 7.45. The van der Waals surface area contributed by atoms with Gasteiger partial charge in [-0.05, 0) is 96.0 Å². The summed E-state index contributed by atoms with van der Waals surface area (Å²) in [7, 11) is 1.16. The number of phosphoric ester groups is 1. The summed E-state index contributed by atoms with van der Waals surface area (Å²) in [5.41, 5.74) is 0. The molecule has 0 fully saturated rings. The van der Waals surface area contributed by atoms with Crippen molar-refractivity contribution in [1.82, 2.24) is 5.32 Å². The van der Waals surface area contributed by atoms with Crippen LogP contribution in [0.4, 0.5) is 0 Å². The molecule has 0 aliphatic carbocycles. The predicted octanol–water partition coefficient (Wildman–Crippen LogP) is 20.5. The van der Waals surface area contributed by atoms with E-state index in [0.29, 0.717) is 17.4 Å². The van der Waals surface area contributed by atoms with Crippen molar-refractivity contribution in [3.05, 3.63) is 72.9 Å². The van der Waals surface area contributed by atoms with E-state index in [9.17, 15) is 19.0 Å². The molecule has 3 unspecified atom stereocenters. The van der Waals surface area contributed by atoms with Crippen molar-refractivity contribution in [3.8, 4) is 0 Å². The third-order valence-electron chi connectivity index (χ3n) is 14.9. The zero-order valence-corrected chi connectivity index (χ0v) is 54.2. The van der Waals surface area contributed by atoms with Crippen LogP contribution in [0.15, 0.2) is 72.9 Å². The number of phosphoric acid groups is 1. The van der Waals surface area contributed by atoms with Crippen molar-refractivity contribution in [2.45, 2.75) is 322 Å². The number of carbonyl (C=O) groups is 2. The molecule has 3 atom stereocenters. The first kappa shape index (κ1) is 77.5. The van der Waals surface area contributed by atoms with E-state index >= 15 is 0 Å². The average Bonchev–Trinajstić information content (AvgIpc) is 3.42. The Hall–Kier alpha value is -2.55. The van der Waals surface area contributed by atoms with Crippen molar-refractivity contribution < 1.29 is 37.3 Å². The Morgan fingerprint density at radius 1 is 0.450 bits per heavy atom. The number of allylic oxidation sites excluding steroid dienone is 11. The zero-order valence-electron chi connectivity index (χ0n) is 53.3. The van der Waals surface area contributed by atoms with Gasteiger partial charge in [-0.2, -0.15) is 0 Å². The Balaban J connectivity index is 5.14. The van der Waals surface area contributed by atoms with Crippen LogP contribution in [0.25, 0.3) is 0 Å². The van der Waals surface area contributed by atoms with Gasteiger partial charge in [0.25, 0.3) is 7.82 Å². The van der Waals surface area contributed by atoms with E-state index in [1.54, 1.807) is 0 Å². The smallest absolute Gasteiger partial charge is 0.306 e. The van der Waals surface area contributed by atoms with Gasteiger partial charge in [0.2, 0.25) is 5.91 Å². The largest absolute Gasteiger partial charge is 0.756 e. The van der Waals surface area contributed by atoms with E-state index in [0.717, 1.165) is 83.5 Å². The summed E-state index contributed by atoms with van der Waals surface area (Å²) >= 11 is 0. The van der Waals surface area contributed by atoms with Gasteiger partial charge < -0.3 is 28.5 Å². The quantitative estimate of drug-likeness (QED) is 0.0212. The van der Waals surface area contributed by atoms with E-state index in [2.05, 4.69) is 86.8 Å². The highest BCUT2D eigenvalue weighted by Gasteiger charge is 2.27. The molecule has 0 aromatic rings. The molecule has 0 saturated carbocycles. The number of hydrogen-bond acceptors (Lipinski definition) is 7. The van der Waals surface area contributed by atoms with Gasteiger partial charge in [-0.15, -0.1) is 0 Å². The summed E-state index contributed by atoms with van der Waals surface area (Å²) < 4.78 is 30.4. The molecule has 0 rings (SSSR count). The molecule has 1 amide bonds. The predicted molar refractivity (Wildman–Crippen MR) is 344 cm³/mol. The van der Waals surface area contributed by atoms with Crippen LogP contribution >= 0.6 is 7.82 Å². The normalized spacial score (nSPS) is 14.0. The average molecular weight is 1140 g/mol. The van der Waals surface area contributed by atoms with Gasteiger partial charge in [-0.1, -0.05) is 274 Å². The first-order valence-electron chi connectivity index (χ1n) is 33.7. The lowest BCUT2D eigenvalue weighted by Crippen LogP contribution is -2.47. The van der Waals surface area contributed by atoms with E-state index < -0.39 is 26.6 Å². The van der Waals surface area contributed by atoms with E-state index in [4.69, 9.17) is 13.8 Å². The second-order valence-corrected chi connectivity index (χ2v) is 25.4. The van der Waals surface area contributed by atoms with E-state index in [-0.39, 0.29) is 31.3 Å². The third kappa shape index (κ3) is 60.1. The summed E-state index contributed by atoms with van der Waals surface area (Å²) in [6, 6.07) is -0.907. The van der Waals surface area contributed by atoms with Crippen LogP contribution in [0.3, 0.4) is 0 Å². The number of amides is 1. The fraction of sp³-hybridized carbons (Fsp3) is 0.800. The Morgan fingerprint density at radius 3 is 1.23 bits per heavy atom. The van der Waals surface area contributed by atoms with Crippen LogP contribution in [0, 0.1) is 0 Å². The van der Waals surface area contributed by atoms with Gasteiger partial charge in [0.1, 0.15) is 19.3 Å². The Bertz CT molecular complexity index is 1600. The molecule has 0 bridgehead atoms. The maximum atomic E-state index is 13.5. The molecule has 0 saturated heterocycles. The summed E-state index contributed by atoms with van der Waals surface area (Å²) in [4.78, 5) is 40.1. The minimum absolute atomic E-state index is 0.0300.